The third kappa shape index (κ3) is 5.98. The second kappa shape index (κ2) is 11.9. The van der Waals surface area contributed by atoms with E-state index in [4.69, 9.17) is 26.2 Å². The van der Waals surface area contributed by atoms with E-state index in [1.165, 1.54) is 42.6 Å². The molecule has 42 heavy (non-hydrogen) atoms. The maximum Gasteiger partial charge on any atom is 0.502 e. The molecule has 0 unspecified atom stereocenters. The van der Waals surface area contributed by atoms with Crippen molar-refractivity contribution in [1.82, 2.24) is 9.97 Å². The number of rotatable bonds is 10. The minimum absolute atomic E-state index is 0.0124. The van der Waals surface area contributed by atoms with Gasteiger partial charge in [0, 0.05) is 23.9 Å². The number of aliphatic hydroxyl groups is 1. The van der Waals surface area contributed by atoms with Crippen molar-refractivity contribution < 1.29 is 47.2 Å². The van der Waals surface area contributed by atoms with Gasteiger partial charge < -0.3 is 34.7 Å². The van der Waals surface area contributed by atoms with Gasteiger partial charge in [0.25, 0.3) is 0 Å². The van der Waals surface area contributed by atoms with E-state index in [9.17, 15) is 27.9 Å². The van der Waals surface area contributed by atoms with E-state index in [1.54, 1.807) is 6.07 Å². The molecule has 0 amide bonds. The highest BCUT2D eigenvalue weighted by Crippen LogP contribution is 2.39. The largest absolute Gasteiger partial charge is 0.502 e. The minimum Gasteiger partial charge on any atom is -0.474 e. The number of carboxylic acids is 1. The fourth-order valence-electron chi connectivity index (χ4n) is 4.47. The number of H-pyrrole nitrogens is 1. The van der Waals surface area contributed by atoms with Crippen molar-refractivity contribution in [2.75, 3.05) is 18.5 Å². The zero-order valence-corrected chi connectivity index (χ0v) is 22.3. The van der Waals surface area contributed by atoms with Crippen molar-refractivity contribution in [2.24, 2.45) is 0 Å². The van der Waals surface area contributed by atoms with Crippen LogP contribution < -0.4 is 14.8 Å². The van der Waals surface area contributed by atoms with Gasteiger partial charge in [0.15, 0.2) is 23.1 Å². The summed E-state index contributed by atoms with van der Waals surface area (Å²) in [5.74, 6) is -4.25. The van der Waals surface area contributed by atoms with Crippen LogP contribution in [0.2, 0.25) is 5.02 Å². The van der Waals surface area contributed by atoms with Crippen LogP contribution in [0.4, 0.5) is 18.9 Å². The van der Waals surface area contributed by atoms with Crippen LogP contribution in [0.25, 0.3) is 11.0 Å². The molecule has 2 aromatic carbocycles. The summed E-state index contributed by atoms with van der Waals surface area (Å²) in [7, 11) is 0. The summed E-state index contributed by atoms with van der Waals surface area (Å²) in [4.78, 5) is 31.7. The number of aromatic amines is 1. The Kier molecular flexibility index (Phi) is 8.25. The van der Waals surface area contributed by atoms with E-state index in [0.717, 1.165) is 6.20 Å². The first-order valence-electron chi connectivity index (χ1n) is 12.6. The van der Waals surface area contributed by atoms with Crippen molar-refractivity contribution in [3.8, 4) is 17.2 Å². The van der Waals surface area contributed by atoms with Crippen molar-refractivity contribution in [3.05, 3.63) is 76.8 Å². The molecule has 1 saturated heterocycles. The average Bonchev–Trinajstić information content (AvgIpc) is 3.40. The number of aliphatic carboxylic acids is 1. The van der Waals surface area contributed by atoms with Crippen molar-refractivity contribution in [3.63, 3.8) is 0 Å². The van der Waals surface area contributed by atoms with E-state index < -0.39 is 35.5 Å². The van der Waals surface area contributed by atoms with Crippen molar-refractivity contribution >= 4 is 40.1 Å². The van der Waals surface area contributed by atoms with Crippen LogP contribution in [0.15, 0.2) is 54.9 Å². The molecule has 220 valence electrons. The monoisotopic (exact) mass is 605 g/mol. The molecule has 5 rings (SSSR count). The number of pyridine rings is 1. The van der Waals surface area contributed by atoms with Crippen LogP contribution in [0.3, 0.4) is 0 Å². The molecule has 2 aromatic heterocycles. The van der Waals surface area contributed by atoms with Crippen LogP contribution in [0.5, 0.6) is 17.2 Å². The molecule has 0 aliphatic carbocycles. The van der Waals surface area contributed by atoms with Gasteiger partial charge in [0.05, 0.1) is 47.2 Å². The highest BCUT2D eigenvalue weighted by molar-refractivity contribution is 6.36. The smallest absolute Gasteiger partial charge is 0.474 e. The number of ketones is 1. The Morgan fingerprint density at radius 2 is 1.95 bits per heavy atom. The molecule has 3 heterocycles. The third-order valence-electron chi connectivity index (χ3n) is 6.57. The van der Waals surface area contributed by atoms with E-state index in [-0.39, 0.29) is 63.7 Å². The summed E-state index contributed by atoms with van der Waals surface area (Å²) in [6.45, 7) is -0.0977. The highest BCUT2D eigenvalue weighted by Gasteiger charge is 2.43. The fraction of sp³-hybridized carbons (Fsp3) is 0.250. The molecule has 14 heteroatoms. The van der Waals surface area contributed by atoms with E-state index in [1.807, 2.05) is 0 Å². The van der Waals surface area contributed by atoms with E-state index in [2.05, 4.69) is 20.0 Å². The summed E-state index contributed by atoms with van der Waals surface area (Å²) >= 11 is 6.41. The molecule has 4 N–H and O–H groups in total. The number of fused-ring (bicyclic) bond motifs is 1. The number of hydrogen-bond acceptors (Lipinski definition) is 8. The number of carbonyl (C=O) groups is 2. The SMILES string of the molecule is O=C(c1ccc(Oc2ccccc2F)cc1Cl)c1c[nH]c2ncc(OC(F)(F)C(=O)O)c(N[C@@H]3CC[C@@H](CO)OC3)c12. The Bertz CT molecular complexity index is 1640. The summed E-state index contributed by atoms with van der Waals surface area (Å²) < 4.78 is 58.0. The number of alkyl halides is 2. The molecule has 0 spiro atoms. The summed E-state index contributed by atoms with van der Waals surface area (Å²) in [5.41, 5.74) is -0.0123. The van der Waals surface area contributed by atoms with Crippen molar-refractivity contribution in [2.45, 2.75) is 31.1 Å². The molecule has 4 aromatic rings. The lowest BCUT2D eigenvalue weighted by molar-refractivity contribution is -0.210. The first kappa shape index (κ1) is 29.2. The number of ether oxygens (including phenoxy) is 3. The van der Waals surface area contributed by atoms with Gasteiger partial charge in [0.2, 0.25) is 0 Å². The molecule has 10 nitrogen and oxygen atoms in total. The molecule has 0 radical (unpaired) electrons. The predicted octanol–water partition coefficient (Wildman–Crippen LogP) is 5.39. The summed E-state index contributed by atoms with van der Waals surface area (Å²) in [5, 5.41) is 21.3. The Labute approximate surface area is 241 Å². The van der Waals surface area contributed by atoms with Gasteiger partial charge in [0.1, 0.15) is 11.4 Å². The number of para-hydroxylation sites is 1. The second-order valence-electron chi connectivity index (χ2n) is 9.41. The molecule has 0 bridgehead atoms. The van der Waals surface area contributed by atoms with Gasteiger partial charge in [-0.3, -0.25) is 4.79 Å². The van der Waals surface area contributed by atoms with E-state index in [0.29, 0.717) is 12.8 Å². The number of carbonyl (C=O) groups excluding carboxylic acids is 1. The molecule has 1 aliphatic rings. The zero-order chi connectivity index (χ0) is 30.0. The zero-order valence-electron chi connectivity index (χ0n) is 21.6. The number of carboxylic acid groups (broad SMARTS) is 1. The lowest BCUT2D eigenvalue weighted by Crippen LogP contribution is -2.37. The van der Waals surface area contributed by atoms with Gasteiger partial charge >= 0.3 is 12.1 Å². The lowest BCUT2D eigenvalue weighted by atomic mass is 10.0. The summed E-state index contributed by atoms with van der Waals surface area (Å²) in [6, 6.07) is 9.37. The van der Waals surface area contributed by atoms with Crippen LogP contribution >= 0.6 is 11.6 Å². The van der Waals surface area contributed by atoms with Gasteiger partial charge in [-0.05, 0) is 37.1 Å². The number of aromatic nitrogens is 2. The van der Waals surface area contributed by atoms with Crippen LogP contribution in [0.1, 0.15) is 28.8 Å². The number of nitrogens with zero attached hydrogens (tertiary/aromatic N) is 1. The molecule has 0 saturated carbocycles. The lowest BCUT2D eigenvalue weighted by Gasteiger charge is -2.30. The van der Waals surface area contributed by atoms with Crippen LogP contribution in [-0.2, 0) is 9.53 Å². The number of nitrogens with one attached hydrogen (secondary N) is 2. The maximum atomic E-state index is 14.2. The molecular formula is C28H23ClF3N3O7. The Hall–Kier alpha value is -4.33. The first-order valence-corrected chi connectivity index (χ1v) is 13.0. The van der Waals surface area contributed by atoms with Gasteiger partial charge in [-0.2, -0.15) is 8.78 Å². The van der Waals surface area contributed by atoms with Gasteiger partial charge in [-0.15, -0.1) is 0 Å². The highest BCUT2D eigenvalue weighted by atomic mass is 35.5. The van der Waals surface area contributed by atoms with Crippen LogP contribution in [0, 0.1) is 5.82 Å². The standard InChI is InChI=1S/C28H23ClF3N3O7/c29-19-9-15(41-21-4-2-1-3-20(21)30)7-8-17(19)25(37)18-10-33-26-23(18)24(35-14-5-6-16(12-36)40-13-14)22(11-34-26)42-28(31,32)27(38)39/h1-4,7-11,14,16,36H,5-6,12-13H2,(H,38,39)(H2,33,34,35)/t14-,16+/m1/s1. The number of aliphatic hydroxyl groups excluding tert-OH is 1. The maximum absolute atomic E-state index is 14.2. The molecule has 1 fully saturated rings. The van der Waals surface area contributed by atoms with Crippen molar-refractivity contribution in [1.29, 1.82) is 0 Å². The Morgan fingerprint density at radius 1 is 1.17 bits per heavy atom. The minimum atomic E-state index is -4.60. The number of anilines is 1. The Balaban J connectivity index is 1.52. The van der Waals surface area contributed by atoms with Crippen LogP contribution in [-0.4, -0.2) is 63.4 Å². The number of hydrogen-bond donors (Lipinski definition) is 4. The molecular weight excluding hydrogens is 583 g/mol. The Morgan fingerprint density at radius 3 is 2.62 bits per heavy atom. The fourth-order valence-corrected chi connectivity index (χ4v) is 4.73. The second-order valence-corrected chi connectivity index (χ2v) is 9.81. The topological polar surface area (TPSA) is 143 Å². The predicted molar refractivity (Wildman–Crippen MR) is 144 cm³/mol. The summed E-state index contributed by atoms with van der Waals surface area (Å²) in [6.07, 6.45) is -1.84. The van der Waals surface area contributed by atoms with E-state index >= 15 is 0 Å². The number of benzene rings is 2. The van der Waals surface area contributed by atoms with Gasteiger partial charge in [-0.1, -0.05) is 23.7 Å². The number of halogens is 4. The molecule has 1 aliphatic heterocycles. The average molecular weight is 606 g/mol. The quantitative estimate of drug-likeness (QED) is 0.175. The molecule has 2 atom stereocenters. The first-order chi connectivity index (χ1) is 20.1. The normalized spacial score (nSPS) is 17.2. The van der Waals surface area contributed by atoms with Gasteiger partial charge in [-0.25, -0.2) is 14.2 Å². The third-order valence-corrected chi connectivity index (χ3v) is 6.88.